The lowest BCUT2D eigenvalue weighted by atomic mass is 10.4. The summed E-state index contributed by atoms with van der Waals surface area (Å²) in [6.45, 7) is 3.68. The van der Waals surface area contributed by atoms with Crippen LogP contribution < -0.4 is 0 Å². The van der Waals surface area contributed by atoms with Crippen molar-refractivity contribution in [3.05, 3.63) is 23.0 Å². The first-order valence-electron chi connectivity index (χ1n) is 2.23. The van der Waals surface area contributed by atoms with Gasteiger partial charge in [-0.15, -0.1) is 0 Å². The number of nitrogens with zero attached hydrogens (tertiary/aromatic N) is 1. The Morgan fingerprint density at radius 3 is 2.88 bits per heavy atom. The second-order valence-electron chi connectivity index (χ2n) is 1.37. The van der Waals surface area contributed by atoms with Crippen molar-refractivity contribution in [3.8, 4) is 0 Å². The first kappa shape index (κ1) is 6.05. The average Bonchev–Trinajstić information content (AvgIpc) is 2.14. The molecule has 0 spiro atoms. The monoisotopic (exact) mass is 146 g/mol. The lowest BCUT2D eigenvalue weighted by molar-refractivity contribution is 1.35. The van der Waals surface area contributed by atoms with E-state index in [1.165, 1.54) is 11.5 Å². The normalized spacial score (nSPS) is 9.75. The Kier molecular flexibility index (Phi) is 1.86. The molecular formula is C5H5ClNS. The van der Waals surface area contributed by atoms with Gasteiger partial charge in [-0.05, 0) is 30.9 Å². The number of rotatable bonds is 1. The van der Waals surface area contributed by atoms with Crippen molar-refractivity contribution >= 4 is 23.1 Å². The van der Waals surface area contributed by atoms with E-state index in [4.69, 9.17) is 11.6 Å². The Bertz CT molecular complexity index is 173. The van der Waals surface area contributed by atoms with E-state index in [-0.39, 0.29) is 0 Å². The molecule has 0 atom stereocenters. The van der Waals surface area contributed by atoms with Crippen LogP contribution in [0.3, 0.4) is 0 Å². The Hall–Kier alpha value is -0.0800. The maximum Gasteiger partial charge on any atom is 0.143 e. The van der Waals surface area contributed by atoms with Crippen molar-refractivity contribution in [1.29, 1.82) is 0 Å². The molecule has 1 nitrogen and oxygen atoms in total. The fourth-order valence-electron chi connectivity index (χ4n) is 0.406. The van der Waals surface area contributed by atoms with E-state index < -0.39 is 0 Å². The molecule has 1 aromatic heterocycles. The molecule has 0 amide bonds. The van der Waals surface area contributed by atoms with Crippen molar-refractivity contribution in [2.24, 2.45) is 0 Å². The highest BCUT2D eigenvalue weighted by Gasteiger charge is 1.93. The highest BCUT2D eigenvalue weighted by atomic mass is 35.5. The van der Waals surface area contributed by atoms with Crippen LogP contribution in [0.1, 0.15) is 4.88 Å². The molecule has 0 bridgehead atoms. The molecule has 0 aromatic carbocycles. The van der Waals surface area contributed by atoms with Crippen molar-refractivity contribution in [3.63, 3.8) is 0 Å². The summed E-state index contributed by atoms with van der Waals surface area (Å²) in [7, 11) is 0. The minimum atomic E-state index is 0.577. The zero-order valence-electron chi connectivity index (χ0n) is 4.22. The van der Waals surface area contributed by atoms with Gasteiger partial charge in [0.1, 0.15) is 5.15 Å². The lowest BCUT2D eigenvalue weighted by Gasteiger charge is -1.76. The number of aromatic nitrogens is 1. The lowest BCUT2D eigenvalue weighted by Crippen LogP contribution is -1.64. The summed E-state index contributed by atoms with van der Waals surface area (Å²) in [4.78, 5) is 1.13. The van der Waals surface area contributed by atoms with E-state index in [2.05, 4.69) is 11.3 Å². The molecule has 1 heterocycles. The van der Waals surface area contributed by atoms with Gasteiger partial charge in [0.05, 0.1) is 0 Å². The second kappa shape index (κ2) is 2.46. The summed E-state index contributed by atoms with van der Waals surface area (Å²) in [5.41, 5.74) is 0. The standard InChI is InChI=1S/C5H5ClNS/c1-2-4-3-5(6)7-8-4/h3H,1-2H2. The molecule has 0 aliphatic rings. The molecule has 1 rings (SSSR count). The summed E-state index contributed by atoms with van der Waals surface area (Å²) in [5.74, 6) is 0. The second-order valence-corrected chi connectivity index (χ2v) is 2.64. The predicted molar refractivity (Wildman–Crippen MR) is 36.2 cm³/mol. The number of hydrogen-bond acceptors (Lipinski definition) is 2. The quantitative estimate of drug-likeness (QED) is 0.592. The fourth-order valence-corrected chi connectivity index (χ4v) is 1.22. The van der Waals surface area contributed by atoms with Gasteiger partial charge in [-0.2, -0.15) is 4.37 Å². The van der Waals surface area contributed by atoms with E-state index in [1.54, 1.807) is 0 Å². The molecule has 0 saturated carbocycles. The summed E-state index contributed by atoms with van der Waals surface area (Å²) in [5, 5.41) is 0.577. The van der Waals surface area contributed by atoms with Crippen LogP contribution in [0.2, 0.25) is 5.15 Å². The van der Waals surface area contributed by atoms with Crippen LogP contribution in [0.5, 0.6) is 0 Å². The molecule has 3 heteroatoms. The highest BCUT2D eigenvalue weighted by molar-refractivity contribution is 7.06. The van der Waals surface area contributed by atoms with Gasteiger partial charge in [0, 0.05) is 4.88 Å². The van der Waals surface area contributed by atoms with Crippen LogP contribution in [0.25, 0.3) is 0 Å². The topological polar surface area (TPSA) is 12.9 Å². The summed E-state index contributed by atoms with van der Waals surface area (Å²) < 4.78 is 3.85. The maximum atomic E-state index is 5.51. The Labute approximate surface area is 57.5 Å². The molecule has 1 aromatic rings. The molecule has 0 N–H and O–H groups in total. The van der Waals surface area contributed by atoms with Gasteiger partial charge in [-0.1, -0.05) is 11.6 Å². The highest BCUT2D eigenvalue weighted by Crippen LogP contribution is 2.13. The molecule has 0 fully saturated rings. The van der Waals surface area contributed by atoms with E-state index in [0.29, 0.717) is 5.15 Å². The zero-order chi connectivity index (χ0) is 5.98. The molecule has 0 aliphatic carbocycles. The van der Waals surface area contributed by atoms with Crippen LogP contribution in [0.4, 0.5) is 0 Å². The third kappa shape index (κ3) is 1.20. The van der Waals surface area contributed by atoms with Gasteiger partial charge in [0.2, 0.25) is 0 Å². The van der Waals surface area contributed by atoms with E-state index in [0.717, 1.165) is 11.3 Å². The zero-order valence-corrected chi connectivity index (χ0v) is 5.80. The summed E-state index contributed by atoms with van der Waals surface area (Å²) in [6.07, 6.45) is 0.782. The fraction of sp³-hybridized carbons (Fsp3) is 0.200. The molecule has 0 aliphatic heterocycles. The van der Waals surface area contributed by atoms with Gasteiger partial charge < -0.3 is 0 Å². The third-order valence-electron chi connectivity index (χ3n) is 0.777. The van der Waals surface area contributed by atoms with Gasteiger partial charge >= 0.3 is 0 Å². The first-order valence-corrected chi connectivity index (χ1v) is 3.38. The van der Waals surface area contributed by atoms with Crippen LogP contribution in [-0.2, 0) is 6.42 Å². The van der Waals surface area contributed by atoms with Crippen molar-refractivity contribution in [2.75, 3.05) is 0 Å². The molecule has 43 valence electrons. The predicted octanol–water partition coefficient (Wildman–Crippen LogP) is 2.17. The van der Waals surface area contributed by atoms with Crippen LogP contribution in [-0.4, -0.2) is 4.37 Å². The van der Waals surface area contributed by atoms with E-state index >= 15 is 0 Å². The largest absolute Gasteiger partial charge is 0.181 e. The number of hydrogen-bond donors (Lipinski definition) is 0. The molecule has 0 unspecified atom stereocenters. The Morgan fingerprint density at radius 1 is 1.88 bits per heavy atom. The minimum Gasteiger partial charge on any atom is -0.181 e. The molecule has 8 heavy (non-hydrogen) atoms. The third-order valence-corrected chi connectivity index (χ3v) is 1.91. The van der Waals surface area contributed by atoms with E-state index in [1.807, 2.05) is 6.07 Å². The molecule has 1 radical (unpaired) electrons. The number of halogens is 1. The van der Waals surface area contributed by atoms with Crippen LogP contribution >= 0.6 is 23.1 Å². The first-order chi connectivity index (χ1) is 3.83. The van der Waals surface area contributed by atoms with Crippen LogP contribution in [0, 0.1) is 6.92 Å². The smallest absolute Gasteiger partial charge is 0.143 e. The van der Waals surface area contributed by atoms with Crippen molar-refractivity contribution in [1.82, 2.24) is 4.37 Å². The van der Waals surface area contributed by atoms with Gasteiger partial charge in [-0.3, -0.25) is 0 Å². The SMILES string of the molecule is [CH2]Cc1cc(Cl)ns1. The van der Waals surface area contributed by atoms with Gasteiger partial charge in [0.15, 0.2) is 0 Å². The molecule has 0 saturated heterocycles. The Morgan fingerprint density at radius 2 is 2.62 bits per heavy atom. The van der Waals surface area contributed by atoms with Crippen LogP contribution in [0.15, 0.2) is 6.07 Å². The summed E-state index contributed by atoms with van der Waals surface area (Å²) in [6, 6.07) is 1.83. The minimum absolute atomic E-state index is 0.577. The maximum absolute atomic E-state index is 5.51. The van der Waals surface area contributed by atoms with Crippen molar-refractivity contribution < 1.29 is 0 Å². The van der Waals surface area contributed by atoms with Gasteiger partial charge in [-0.25, -0.2) is 0 Å². The molecular weight excluding hydrogens is 142 g/mol. The summed E-state index contributed by atoms with van der Waals surface area (Å²) >= 11 is 6.92. The average molecular weight is 147 g/mol. The van der Waals surface area contributed by atoms with E-state index in [9.17, 15) is 0 Å². The Balaban J connectivity index is 2.84. The van der Waals surface area contributed by atoms with Crippen molar-refractivity contribution in [2.45, 2.75) is 6.42 Å². The van der Waals surface area contributed by atoms with Gasteiger partial charge in [0.25, 0.3) is 0 Å².